The van der Waals surface area contributed by atoms with E-state index in [-0.39, 0.29) is 18.2 Å². The molecule has 3 rings (SSSR count). The maximum absolute atomic E-state index is 12.7. The van der Waals surface area contributed by atoms with E-state index in [1.165, 1.54) is 0 Å². The Morgan fingerprint density at radius 1 is 1.22 bits per heavy atom. The Morgan fingerprint density at radius 3 is 2.56 bits per heavy atom. The van der Waals surface area contributed by atoms with Gasteiger partial charge in [0.25, 0.3) is 0 Å². The highest BCUT2D eigenvalue weighted by Gasteiger charge is 2.28. The summed E-state index contributed by atoms with van der Waals surface area (Å²) in [5, 5.41) is 6.30. The molecular weight excluding hydrogens is 426 g/mol. The van der Waals surface area contributed by atoms with E-state index in [9.17, 15) is 9.59 Å². The van der Waals surface area contributed by atoms with Crippen molar-refractivity contribution in [3.8, 4) is 11.8 Å². The highest BCUT2D eigenvalue weighted by Crippen LogP contribution is 2.20. The molecule has 0 spiro atoms. The molecule has 0 atom stereocenters. The number of nitrogens with zero attached hydrogens (tertiary/aromatic N) is 4. The van der Waals surface area contributed by atoms with Crippen molar-refractivity contribution in [3.05, 3.63) is 16.6 Å². The van der Waals surface area contributed by atoms with Crippen molar-refractivity contribution in [1.29, 1.82) is 0 Å². The zero-order valence-electron chi connectivity index (χ0n) is 19.2. The zero-order valence-corrected chi connectivity index (χ0v) is 20.0. The lowest BCUT2D eigenvalue weighted by Crippen LogP contribution is -2.52. The highest BCUT2D eigenvalue weighted by molar-refractivity contribution is 7.09. The summed E-state index contributed by atoms with van der Waals surface area (Å²) in [6.07, 6.45) is 5.14. The monoisotopic (exact) mass is 461 g/mol. The van der Waals surface area contributed by atoms with Crippen LogP contribution in [-0.4, -0.2) is 83.7 Å². The fraction of sp³-hybridized carbons (Fsp3) is 0.696. The lowest BCUT2D eigenvalue weighted by atomic mass is 9.96. The van der Waals surface area contributed by atoms with Crippen LogP contribution < -0.4 is 5.32 Å². The van der Waals surface area contributed by atoms with Crippen molar-refractivity contribution in [2.75, 3.05) is 45.9 Å². The second-order valence-electron chi connectivity index (χ2n) is 8.36. The van der Waals surface area contributed by atoms with Crippen LogP contribution in [0.1, 0.15) is 44.5 Å². The van der Waals surface area contributed by atoms with Gasteiger partial charge in [-0.05, 0) is 45.4 Å². The second-order valence-corrected chi connectivity index (χ2v) is 9.34. The van der Waals surface area contributed by atoms with Gasteiger partial charge in [-0.2, -0.15) is 0 Å². The number of nitrogens with one attached hydrogen (secondary N) is 1. The number of aromatic nitrogens is 1. The van der Waals surface area contributed by atoms with Crippen LogP contribution in [0.2, 0.25) is 0 Å². The van der Waals surface area contributed by atoms with Gasteiger partial charge in [-0.25, -0.2) is 14.6 Å². The molecule has 0 radical (unpaired) electrons. The van der Waals surface area contributed by atoms with Gasteiger partial charge < -0.3 is 19.9 Å². The topological polar surface area (TPSA) is 78.0 Å². The maximum atomic E-state index is 12.7. The first kappa shape index (κ1) is 24.3. The number of carbonyl (C=O) groups is 2. The third-order valence-electron chi connectivity index (χ3n) is 6.09. The molecule has 0 aliphatic carbocycles. The van der Waals surface area contributed by atoms with E-state index in [0.717, 1.165) is 63.4 Å². The molecule has 0 unspecified atom stereocenters. The van der Waals surface area contributed by atoms with Crippen LogP contribution in [0.25, 0.3) is 0 Å². The number of hydrogen-bond donors (Lipinski definition) is 1. The second kappa shape index (κ2) is 12.7. The largest absolute Gasteiger partial charge is 0.450 e. The van der Waals surface area contributed by atoms with E-state index in [1.54, 1.807) is 16.2 Å². The van der Waals surface area contributed by atoms with Gasteiger partial charge in [-0.1, -0.05) is 5.92 Å². The molecule has 176 valence electrons. The lowest BCUT2D eigenvalue weighted by Gasteiger charge is -2.36. The quantitative estimate of drug-likeness (QED) is 0.632. The predicted octanol–water partition coefficient (Wildman–Crippen LogP) is 3.01. The van der Waals surface area contributed by atoms with Gasteiger partial charge in [-0.3, -0.25) is 4.90 Å². The number of amides is 3. The van der Waals surface area contributed by atoms with E-state index in [2.05, 4.69) is 27.0 Å². The van der Waals surface area contributed by atoms with E-state index in [4.69, 9.17) is 4.74 Å². The van der Waals surface area contributed by atoms with Crippen LogP contribution in [0.15, 0.2) is 11.6 Å². The first-order valence-electron chi connectivity index (χ1n) is 11.6. The van der Waals surface area contributed by atoms with E-state index < -0.39 is 0 Å². The van der Waals surface area contributed by atoms with Gasteiger partial charge >= 0.3 is 12.1 Å². The van der Waals surface area contributed by atoms with Crippen LogP contribution in [0, 0.1) is 17.8 Å². The van der Waals surface area contributed by atoms with Gasteiger partial charge in [0.2, 0.25) is 0 Å². The van der Waals surface area contributed by atoms with Gasteiger partial charge in [0.15, 0.2) is 0 Å². The molecule has 32 heavy (non-hydrogen) atoms. The molecule has 2 aliphatic heterocycles. The molecule has 0 saturated carbocycles. The van der Waals surface area contributed by atoms with Crippen molar-refractivity contribution in [1.82, 2.24) is 25.0 Å². The number of urea groups is 1. The van der Waals surface area contributed by atoms with Crippen LogP contribution in [-0.2, 0) is 11.3 Å². The van der Waals surface area contributed by atoms with Gasteiger partial charge in [0.05, 0.1) is 19.7 Å². The molecule has 1 aromatic rings. The molecule has 3 amide bonds. The molecule has 2 saturated heterocycles. The fourth-order valence-electron chi connectivity index (χ4n) is 4.27. The molecule has 8 nitrogen and oxygen atoms in total. The minimum absolute atomic E-state index is 0.0227. The summed E-state index contributed by atoms with van der Waals surface area (Å²) in [7, 11) is 0. The Balaban J connectivity index is 1.39. The summed E-state index contributed by atoms with van der Waals surface area (Å²) >= 11 is 1.68. The summed E-state index contributed by atoms with van der Waals surface area (Å²) in [6, 6.07) is 0.141. The third kappa shape index (κ3) is 7.38. The average Bonchev–Trinajstić information content (AvgIpc) is 3.31. The summed E-state index contributed by atoms with van der Waals surface area (Å²) in [5.41, 5.74) is 0. The maximum Gasteiger partial charge on any atom is 0.409 e. The minimum Gasteiger partial charge on any atom is -0.450 e. The molecular formula is C23H35N5O3S. The van der Waals surface area contributed by atoms with Crippen molar-refractivity contribution in [2.24, 2.45) is 5.92 Å². The smallest absolute Gasteiger partial charge is 0.409 e. The molecule has 2 fully saturated rings. The zero-order chi connectivity index (χ0) is 22.8. The first-order chi connectivity index (χ1) is 15.6. The number of carbonyl (C=O) groups excluding carboxylic acids is 2. The summed E-state index contributed by atoms with van der Waals surface area (Å²) in [6.45, 7) is 9.45. The standard InChI is InChI=1S/C23H35N5O3S/c1-3-5-11-26(18-21-24-10-16-32-21)17-19-6-12-27(13-7-19)22(29)25-20-8-14-28(15-9-20)23(30)31-4-2/h10,16,19-20H,4,6-9,11-15,17-18H2,1-2H3,(H,25,29). The number of thiazole rings is 1. The van der Waals surface area contributed by atoms with E-state index in [1.807, 2.05) is 30.3 Å². The normalized spacial score (nSPS) is 17.7. The van der Waals surface area contributed by atoms with Crippen molar-refractivity contribution in [2.45, 2.75) is 52.1 Å². The van der Waals surface area contributed by atoms with E-state index >= 15 is 0 Å². The number of likely N-dealkylation sites (tertiary alicyclic amines) is 2. The molecule has 1 aromatic heterocycles. The Hall–Kier alpha value is -2.31. The Kier molecular flexibility index (Phi) is 9.62. The lowest BCUT2D eigenvalue weighted by molar-refractivity contribution is 0.0945. The van der Waals surface area contributed by atoms with Crippen molar-refractivity contribution < 1.29 is 14.3 Å². The molecule has 3 heterocycles. The molecule has 1 N–H and O–H groups in total. The molecule has 0 aromatic carbocycles. The van der Waals surface area contributed by atoms with Crippen LogP contribution in [0.3, 0.4) is 0 Å². The molecule has 2 aliphatic rings. The Morgan fingerprint density at radius 2 is 1.94 bits per heavy atom. The van der Waals surface area contributed by atoms with Crippen molar-refractivity contribution in [3.63, 3.8) is 0 Å². The SMILES string of the molecule is CC#CCN(Cc1nccs1)CC1CCN(C(=O)NC2CCN(C(=O)OCC)CC2)CC1. The number of hydrogen-bond acceptors (Lipinski definition) is 6. The number of ether oxygens (including phenoxy) is 1. The summed E-state index contributed by atoms with van der Waals surface area (Å²) in [5.74, 6) is 6.74. The van der Waals surface area contributed by atoms with Crippen LogP contribution in [0.5, 0.6) is 0 Å². The Labute approximate surface area is 195 Å². The van der Waals surface area contributed by atoms with Crippen LogP contribution >= 0.6 is 11.3 Å². The van der Waals surface area contributed by atoms with Gasteiger partial charge in [0.1, 0.15) is 5.01 Å². The average molecular weight is 462 g/mol. The summed E-state index contributed by atoms with van der Waals surface area (Å²) in [4.78, 5) is 35.0. The first-order valence-corrected chi connectivity index (χ1v) is 12.4. The highest BCUT2D eigenvalue weighted by atomic mass is 32.1. The summed E-state index contributed by atoms with van der Waals surface area (Å²) < 4.78 is 5.06. The minimum atomic E-state index is -0.256. The molecule has 9 heteroatoms. The predicted molar refractivity (Wildman–Crippen MR) is 125 cm³/mol. The number of piperidine rings is 2. The fourth-order valence-corrected chi connectivity index (χ4v) is 4.93. The number of rotatable bonds is 7. The van der Waals surface area contributed by atoms with Crippen molar-refractivity contribution >= 4 is 23.5 Å². The van der Waals surface area contributed by atoms with Crippen LogP contribution in [0.4, 0.5) is 9.59 Å². The Bertz CT molecular complexity index is 775. The molecule has 0 bridgehead atoms. The van der Waals surface area contributed by atoms with Gasteiger partial charge in [-0.15, -0.1) is 17.3 Å². The van der Waals surface area contributed by atoms with Gasteiger partial charge in [0, 0.05) is 50.3 Å². The van der Waals surface area contributed by atoms with E-state index in [0.29, 0.717) is 25.6 Å². The third-order valence-corrected chi connectivity index (χ3v) is 6.85.